The van der Waals surface area contributed by atoms with Gasteiger partial charge in [-0.25, -0.2) is 9.59 Å². The van der Waals surface area contributed by atoms with Gasteiger partial charge < -0.3 is 9.84 Å². The fourth-order valence-corrected chi connectivity index (χ4v) is 6.84. The van der Waals surface area contributed by atoms with Crippen molar-refractivity contribution in [3.8, 4) is 0 Å². The number of hydrogen-bond acceptors (Lipinski definition) is 3. The molecule has 0 aromatic heterocycles. The zero-order valence-corrected chi connectivity index (χ0v) is 18.3. The van der Waals surface area contributed by atoms with Crippen LogP contribution in [-0.4, -0.2) is 34.2 Å². The van der Waals surface area contributed by atoms with Gasteiger partial charge in [-0.1, -0.05) is 50.1 Å². The molecule has 1 aromatic rings. The molecule has 0 saturated heterocycles. The number of rotatable bonds is 7. The first-order chi connectivity index (χ1) is 14.4. The van der Waals surface area contributed by atoms with Crippen molar-refractivity contribution in [2.45, 2.75) is 83.9 Å². The molecule has 4 rings (SSSR count). The van der Waals surface area contributed by atoms with Crippen molar-refractivity contribution in [2.75, 3.05) is 0 Å². The minimum absolute atomic E-state index is 0.167. The highest BCUT2D eigenvalue weighted by Crippen LogP contribution is 2.63. The van der Waals surface area contributed by atoms with Gasteiger partial charge >= 0.3 is 12.1 Å². The Hall–Kier alpha value is -2.04. The summed E-state index contributed by atoms with van der Waals surface area (Å²) in [5.41, 5.74) is 0.611. The lowest BCUT2D eigenvalue weighted by Gasteiger charge is -2.48. The standard InChI is InChI=1S/C25H35NO4/c1-3-17(2)26(24(29)30-16-18-8-5-4-6-9-18)22(23(27)28)25-14-19-10-7-11-21(25)13-20(12-19)15-25/h4-6,8-9,17,19-22H,3,7,10-16H2,1-2H3,(H,27,28). The summed E-state index contributed by atoms with van der Waals surface area (Å²) in [5.74, 6) is 0.775. The van der Waals surface area contributed by atoms with Crippen LogP contribution < -0.4 is 0 Å². The predicted molar refractivity (Wildman–Crippen MR) is 115 cm³/mol. The molecule has 3 aliphatic rings. The van der Waals surface area contributed by atoms with E-state index in [4.69, 9.17) is 4.74 Å². The van der Waals surface area contributed by atoms with E-state index < -0.39 is 18.1 Å². The Morgan fingerprint density at radius 2 is 1.90 bits per heavy atom. The van der Waals surface area contributed by atoms with Crippen LogP contribution in [0.25, 0.3) is 0 Å². The third-order valence-electron chi connectivity index (χ3n) is 8.14. The molecule has 1 aromatic carbocycles. The van der Waals surface area contributed by atoms with Gasteiger partial charge in [-0.15, -0.1) is 0 Å². The molecular weight excluding hydrogens is 378 g/mol. The van der Waals surface area contributed by atoms with Crippen molar-refractivity contribution in [1.82, 2.24) is 4.90 Å². The molecule has 6 atom stereocenters. The molecule has 30 heavy (non-hydrogen) atoms. The Morgan fingerprint density at radius 1 is 1.17 bits per heavy atom. The van der Waals surface area contributed by atoms with E-state index in [-0.39, 0.29) is 18.1 Å². The van der Waals surface area contributed by atoms with Crippen LogP contribution >= 0.6 is 0 Å². The van der Waals surface area contributed by atoms with Crippen LogP contribution in [0.15, 0.2) is 30.3 Å². The zero-order valence-electron chi connectivity index (χ0n) is 18.3. The van der Waals surface area contributed by atoms with Gasteiger partial charge in [0.1, 0.15) is 12.6 Å². The first-order valence-electron chi connectivity index (χ1n) is 11.7. The molecule has 3 saturated carbocycles. The topological polar surface area (TPSA) is 66.8 Å². The fraction of sp³-hybridized carbons (Fsp3) is 0.680. The van der Waals surface area contributed by atoms with Crippen LogP contribution in [0, 0.1) is 23.2 Å². The third kappa shape index (κ3) is 3.83. The maximum Gasteiger partial charge on any atom is 0.411 e. The SMILES string of the molecule is CCC(C)N(C(=O)OCc1ccccc1)C(C(=O)O)C12CC3CCCC1CC(C3)C2. The molecule has 164 valence electrons. The van der Waals surface area contributed by atoms with E-state index in [0.29, 0.717) is 24.2 Å². The number of fused-ring (bicyclic) bond motifs is 2. The summed E-state index contributed by atoms with van der Waals surface area (Å²) in [6.07, 6.45) is 8.00. The monoisotopic (exact) mass is 413 g/mol. The molecule has 5 heteroatoms. The fourth-order valence-electron chi connectivity index (χ4n) is 6.84. The molecule has 0 heterocycles. The lowest BCUT2D eigenvalue weighted by Crippen LogP contribution is -2.59. The summed E-state index contributed by atoms with van der Waals surface area (Å²) in [6.45, 7) is 4.13. The highest BCUT2D eigenvalue weighted by Gasteiger charge is 2.61. The predicted octanol–water partition coefficient (Wildman–Crippen LogP) is 5.48. The van der Waals surface area contributed by atoms with Crippen molar-refractivity contribution in [2.24, 2.45) is 23.2 Å². The summed E-state index contributed by atoms with van der Waals surface area (Å²) in [5, 5.41) is 10.5. The summed E-state index contributed by atoms with van der Waals surface area (Å²) in [6, 6.07) is 8.61. The highest BCUT2D eigenvalue weighted by molar-refractivity contribution is 5.81. The molecule has 1 amide bonds. The van der Waals surface area contributed by atoms with Gasteiger partial charge in [-0.2, -0.15) is 0 Å². The minimum atomic E-state index is -0.861. The second kappa shape index (κ2) is 8.60. The molecule has 3 aliphatic carbocycles. The van der Waals surface area contributed by atoms with Crippen molar-refractivity contribution in [3.05, 3.63) is 35.9 Å². The highest BCUT2D eigenvalue weighted by atomic mass is 16.6. The number of carboxylic acid groups (broad SMARTS) is 1. The van der Waals surface area contributed by atoms with E-state index in [2.05, 4.69) is 0 Å². The average Bonchev–Trinajstić information content (AvgIpc) is 2.91. The summed E-state index contributed by atoms with van der Waals surface area (Å²) in [4.78, 5) is 27.7. The molecule has 0 aliphatic heterocycles. The second-order valence-corrected chi connectivity index (χ2v) is 9.92. The lowest BCUT2D eigenvalue weighted by molar-refractivity contribution is -0.153. The quantitative estimate of drug-likeness (QED) is 0.642. The Kier molecular flexibility index (Phi) is 6.08. The van der Waals surface area contributed by atoms with Crippen LogP contribution in [0.2, 0.25) is 0 Å². The average molecular weight is 414 g/mol. The normalized spacial score (nSPS) is 31.6. The summed E-state index contributed by atoms with van der Waals surface area (Å²) >= 11 is 0. The molecule has 5 nitrogen and oxygen atoms in total. The molecule has 6 unspecified atom stereocenters. The van der Waals surface area contributed by atoms with Crippen LogP contribution in [0.1, 0.15) is 70.8 Å². The number of benzene rings is 1. The Balaban J connectivity index is 1.63. The first-order valence-corrected chi connectivity index (χ1v) is 11.7. The van der Waals surface area contributed by atoms with Gasteiger partial charge in [-0.3, -0.25) is 4.90 Å². The number of carbonyl (C=O) groups is 2. The van der Waals surface area contributed by atoms with Gasteiger partial charge in [0.05, 0.1) is 0 Å². The van der Waals surface area contributed by atoms with E-state index in [0.717, 1.165) is 31.2 Å². The molecule has 3 fully saturated rings. The van der Waals surface area contributed by atoms with E-state index in [1.807, 2.05) is 44.2 Å². The van der Waals surface area contributed by atoms with E-state index >= 15 is 0 Å². The maximum absolute atomic E-state index is 13.3. The number of carboxylic acids is 1. The number of aliphatic carboxylic acids is 1. The van der Waals surface area contributed by atoms with Crippen molar-refractivity contribution in [3.63, 3.8) is 0 Å². The Bertz CT molecular complexity index is 766. The number of ether oxygens (including phenoxy) is 1. The van der Waals surface area contributed by atoms with Crippen molar-refractivity contribution < 1.29 is 19.4 Å². The molecular formula is C25H35NO4. The number of amides is 1. The third-order valence-corrected chi connectivity index (χ3v) is 8.14. The van der Waals surface area contributed by atoms with Gasteiger partial charge in [0.25, 0.3) is 0 Å². The summed E-state index contributed by atoms with van der Waals surface area (Å²) < 4.78 is 5.67. The first kappa shape index (κ1) is 21.2. The molecule has 3 bridgehead atoms. The number of carbonyl (C=O) groups excluding carboxylic acids is 1. The second-order valence-electron chi connectivity index (χ2n) is 9.92. The van der Waals surface area contributed by atoms with Gasteiger partial charge in [0.15, 0.2) is 0 Å². The molecule has 0 spiro atoms. The largest absolute Gasteiger partial charge is 0.480 e. The Morgan fingerprint density at radius 3 is 2.60 bits per heavy atom. The van der Waals surface area contributed by atoms with Gasteiger partial charge in [-0.05, 0) is 68.8 Å². The number of nitrogens with zero attached hydrogens (tertiary/aromatic N) is 1. The van der Waals surface area contributed by atoms with E-state index in [1.165, 1.54) is 19.3 Å². The Labute approximate surface area is 179 Å². The van der Waals surface area contributed by atoms with E-state index in [9.17, 15) is 14.7 Å². The van der Waals surface area contributed by atoms with Crippen molar-refractivity contribution >= 4 is 12.1 Å². The zero-order chi connectivity index (χ0) is 21.3. The smallest absolute Gasteiger partial charge is 0.411 e. The van der Waals surface area contributed by atoms with E-state index in [1.54, 1.807) is 4.90 Å². The molecule has 0 radical (unpaired) electrons. The van der Waals surface area contributed by atoms with Crippen LogP contribution in [-0.2, 0) is 16.1 Å². The van der Waals surface area contributed by atoms with Crippen LogP contribution in [0.3, 0.4) is 0 Å². The maximum atomic E-state index is 13.3. The summed E-state index contributed by atoms with van der Waals surface area (Å²) in [7, 11) is 0. The van der Waals surface area contributed by atoms with Crippen LogP contribution in [0.4, 0.5) is 4.79 Å². The minimum Gasteiger partial charge on any atom is -0.480 e. The van der Waals surface area contributed by atoms with Gasteiger partial charge in [0, 0.05) is 11.5 Å². The number of hydrogen-bond donors (Lipinski definition) is 1. The van der Waals surface area contributed by atoms with Crippen molar-refractivity contribution in [1.29, 1.82) is 0 Å². The molecule has 1 N–H and O–H groups in total. The lowest BCUT2D eigenvalue weighted by atomic mass is 9.63. The van der Waals surface area contributed by atoms with Gasteiger partial charge in [0.2, 0.25) is 0 Å². The van der Waals surface area contributed by atoms with Crippen LogP contribution in [0.5, 0.6) is 0 Å².